The fraction of sp³-hybridized carbons (Fsp3) is 0.731. The molecule has 1 aromatic heterocycles. The van der Waals surface area contributed by atoms with E-state index in [1.807, 2.05) is 19.2 Å². The average Bonchev–Trinajstić information content (AvgIpc) is 3.24. The Balaban J connectivity index is 1.87. The SMILES string of the molecule is CC[C@H]1C(=O)C(C)(C)[C@@H](O)CC(=O)O[C@H](C(Cl)=Cc2csc(C)n2)C[C@@H]2O[C@]2(C)CCO[C@H](C)[C@H]1O. The van der Waals surface area contributed by atoms with Crippen LogP contribution in [-0.4, -0.2) is 69.7 Å². The number of carbonyl (C=O) groups is 2. The molecule has 2 fully saturated rings. The number of thiazole rings is 1. The summed E-state index contributed by atoms with van der Waals surface area (Å²) in [7, 11) is 0. The molecule has 0 aromatic carbocycles. The van der Waals surface area contributed by atoms with Gasteiger partial charge < -0.3 is 24.4 Å². The number of nitrogens with zero attached hydrogens (tertiary/aromatic N) is 1. The maximum Gasteiger partial charge on any atom is 0.309 e. The van der Waals surface area contributed by atoms with E-state index < -0.39 is 53.7 Å². The monoisotopic (exact) mass is 543 g/mol. The standard InChI is InChI=1S/C26H38ClNO7S/c1-7-17-23(31)14(2)33-9-8-26(6)21(35-26)11-19(18(27)10-16-13-36-15(3)28-16)34-22(30)12-20(29)25(4,5)24(17)32/h10,13-14,17,19-21,23,29,31H,7-9,11-12H2,1-6H3/t14-,17-,19+,20+,21+,23-,26-/m1/s1. The van der Waals surface area contributed by atoms with Gasteiger partial charge in [-0.05, 0) is 33.3 Å². The summed E-state index contributed by atoms with van der Waals surface area (Å²) >= 11 is 8.10. The smallest absolute Gasteiger partial charge is 0.309 e. The Morgan fingerprint density at radius 2 is 2.00 bits per heavy atom. The summed E-state index contributed by atoms with van der Waals surface area (Å²) in [6.45, 7) is 10.9. The number of aliphatic hydroxyl groups excluding tert-OH is 2. The van der Waals surface area contributed by atoms with Crippen molar-refractivity contribution in [1.29, 1.82) is 0 Å². The summed E-state index contributed by atoms with van der Waals surface area (Å²) in [4.78, 5) is 30.7. The number of Topliss-reactive ketones (excluding diaryl/α,β-unsaturated/α-hetero) is 1. The van der Waals surface area contributed by atoms with Gasteiger partial charge in [0.1, 0.15) is 11.9 Å². The molecule has 0 spiro atoms. The predicted molar refractivity (Wildman–Crippen MR) is 138 cm³/mol. The minimum atomic E-state index is -1.31. The van der Waals surface area contributed by atoms with Crippen LogP contribution in [0.4, 0.5) is 0 Å². The number of ether oxygens (including phenoxy) is 3. The zero-order valence-electron chi connectivity index (χ0n) is 21.8. The van der Waals surface area contributed by atoms with E-state index in [2.05, 4.69) is 4.98 Å². The molecule has 0 radical (unpaired) electrons. The van der Waals surface area contributed by atoms with Crippen LogP contribution >= 0.6 is 22.9 Å². The molecule has 3 rings (SSSR count). The molecule has 202 valence electrons. The van der Waals surface area contributed by atoms with Crippen LogP contribution in [-0.2, 0) is 23.8 Å². The Kier molecular flexibility index (Phi) is 9.39. The van der Waals surface area contributed by atoms with E-state index in [1.54, 1.807) is 33.8 Å². The van der Waals surface area contributed by atoms with Gasteiger partial charge in [0.25, 0.3) is 0 Å². The molecule has 8 nitrogen and oxygen atoms in total. The lowest BCUT2D eigenvalue weighted by molar-refractivity contribution is -0.155. The van der Waals surface area contributed by atoms with E-state index in [-0.39, 0.29) is 11.9 Å². The number of cyclic esters (lactones) is 1. The van der Waals surface area contributed by atoms with Gasteiger partial charge in [-0.25, -0.2) is 4.98 Å². The van der Waals surface area contributed by atoms with Crippen LogP contribution in [0.25, 0.3) is 6.08 Å². The van der Waals surface area contributed by atoms with Crippen molar-refractivity contribution < 1.29 is 34.0 Å². The number of aryl methyl sites for hydroxylation is 1. The predicted octanol–water partition coefficient (Wildman–Crippen LogP) is 4.03. The number of rotatable bonds is 3. The molecule has 7 atom stereocenters. The maximum atomic E-state index is 13.4. The van der Waals surface area contributed by atoms with Gasteiger partial charge in [-0.3, -0.25) is 9.59 Å². The lowest BCUT2D eigenvalue weighted by atomic mass is 9.73. The number of halogens is 1. The molecule has 2 N–H and O–H groups in total. The highest BCUT2D eigenvalue weighted by Gasteiger charge is 2.53. The summed E-state index contributed by atoms with van der Waals surface area (Å²) in [6.07, 6.45) is -1.40. The van der Waals surface area contributed by atoms with Crippen LogP contribution in [0.15, 0.2) is 10.4 Å². The summed E-state index contributed by atoms with van der Waals surface area (Å²) in [5.74, 6) is -1.75. The zero-order chi connectivity index (χ0) is 26.8. The Morgan fingerprint density at radius 3 is 2.61 bits per heavy atom. The number of carbonyl (C=O) groups excluding carboxylic acids is 2. The third kappa shape index (κ3) is 6.74. The van der Waals surface area contributed by atoms with E-state index in [1.165, 1.54) is 11.3 Å². The molecule has 2 aliphatic heterocycles. The van der Waals surface area contributed by atoms with Crippen LogP contribution in [0, 0.1) is 18.3 Å². The molecule has 1 aromatic rings. The van der Waals surface area contributed by atoms with Crippen molar-refractivity contribution in [3.8, 4) is 0 Å². The van der Waals surface area contributed by atoms with Crippen molar-refractivity contribution in [3.05, 3.63) is 21.1 Å². The largest absolute Gasteiger partial charge is 0.456 e. The first-order valence-corrected chi connectivity index (χ1v) is 13.7. The number of hydrogen-bond donors (Lipinski definition) is 2. The Labute approximate surface area is 222 Å². The molecule has 0 saturated carbocycles. The lowest BCUT2D eigenvalue weighted by Crippen LogP contribution is -2.48. The average molecular weight is 544 g/mol. The normalized spacial score (nSPS) is 36.8. The van der Waals surface area contributed by atoms with Gasteiger partial charge in [-0.15, -0.1) is 11.3 Å². The van der Waals surface area contributed by atoms with E-state index in [9.17, 15) is 19.8 Å². The first kappa shape index (κ1) is 29.2. The van der Waals surface area contributed by atoms with Crippen molar-refractivity contribution in [2.45, 2.75) is 103 Å². The molecular weight excluding hydrogens is 506 g/mol. The molecule has 0 unspecified atom stereocenters. The Morgan fingerprint density at radius 1 is 1.31 bits per heavy atom. The number of hydrogen-bond acceptors (Lipinski definition) is 9. The molecule has 3 heterocycles. The summed E-state index contributed by atoms with van der Waals surface area (Å²) in [5.41, 5.74) is -1.10. The molecule has 0 aliphatic carbocycles. The molecule has 2 aliphatic rings. The maximum absolute atomic E-state index is 13.4. The fourth-order valence-corrected chi connectivity index (χ4v) is 5.43. The van der Waals surface area contributed by atoms with Crippen LogP contribution < -0.4 is 0 Å². The lowest BCUT2D eigenvalue weighted by Gasteiger charge is -2.35. The molecule has 36 heavy (non-hydrogen) atoms. The summed E-state index contributed by atoms with van der Waals surface area (Å²) in [5, 5.41) is 24.8. The van der Waals surface area contributed by atoms with Crippen molar-refractivity contribution in [1.82, 2.24) is 4.98 Å². The molecule has 0 amide bonds. The van der Waals surface area contributed by atoms with Crippen LogP contribution in [0.5, 0.6) is 0 Å². The highest BCUT2D eigenvalue weighted by Crippen LogP contribution is 2.44. The van der Waals surface area contributed by atoms with Gasteiger partial charge in [-0.1, -0.05) is 32.4 Å². The molecular formula is C26H38ClNO7S. The van der Waals surface area contributed by atoms with Gasteiger partial charge in [0.15, 0.2) is 0 Å². The van der Waals surface area contributed by atoms with Gasteiger partial charge in [0.05, 0.1) is 57.6 Å². The topological polar surface area (TPSA) is 118 Å². The van der Waals surface area contributed by atoms with E-state index >= 15 is 0 Å². The zero-order valence-corrected chi connectivity index (χ0v) is 23.4. The Hall–Kier alpha value is -1.36. The van der Waals surface area contributed by atoms with Crippen LogP contribution in [0.1, 0.15) is 71.0 Å². The third-order valence-electron chi connectivity index (χ3n) is 7.44. The number of fused-ring (bicyclic) bond motifs is 1. The minimum absolute atomic E-state index is 0.210. The highest BCUT2D eigenvalue weighted by atomic mass is 35.5. The second-order valence-electron chi connectivity index (χ2n) is 10.6. The number of esters is 1. The number of ketones is 1. The van der Waals surface area contributed by atoms with Crippen molar-refractivity contribution in [2.75, 3.05) is 6.61 Å². The van der Waals surface area contributed by atoms with Gasteiger partial charge in [0.2, 0.25) is 0 Å². The van der Waals surface area contributed by atoms with E-state index in [4.69, 9.17) is 25.8 Å². The first-order valence-electron chi connectivity index (χ1n) is 12.5. The quantitative estimate of drug-likeness (QED) is 0.433. The number of aromatic nitrogens is 1. The van der Waals surface area contributed by atoms with Crippen molar-refractivity contribution in [2.24, 2.45) is 11.3 Å². The number of aliphatic hydroxyl groups is 2. The molecule has 0 bridgehead atoms. The van der Waals surface area contributed by atoms with E-state index in [0.717, 1.165) is 5.01 Å². The van der Waals surface area contributed by atoms with Crippen LogP contribution in [0.3, 0.4) is 0 Å². The van der Waals surface area contributed by atoms with Crippen molar-refractivity contribution in [3.63, 3.8) is 0 Å². The van der Waals surface area contributed by atoms with E-state index in [0.29, 0.717) is 36.6 Å². The fourth-order valence-electron chi connectivity index (χ4n) is 4.62. The summed E-state index contributed by atoms with van der Waals surface area (Å²) < 4.78 is 17.6. The molecule has 10 heteroatoms. The third-order valence-corrected chi connectivity index (χ3v) is 8.59. The summed E-state index contributed by atoms with van der Waals surface area (Å²) in [6, 6.07) is 0. The van der Waals surface area contributed by atoms with Gasteiger partial charge >= 0.3 is 5.97 Å². The second-order valence-corrected chi connectivity index (χ2v) is 12.1. The van der Waals surface area contributed by atoms with Gasteiger partial charge in [-0.2, -0.15) is 0 Å². The Bertz CT molecular complexity index is 979. The molecule has 2 saturated heterocycles. The van der Waals surface area contributed by atoms with Crippen molar-refractivity contribution >= 4 is 40.8 Å². The van der Waals surface area contributed by atoms with Gasteiger partial charge in [0, 0.05) is 30.7 Å². The van der Waals surface area contributed by atoms with Crippen LogP contribution in [0.2, 0.25) is 0 Å². The second kappa shape index (κ2) is 11.6. The first-order chi connectivity index (χ1) is 16.8. The highest BCUT2D eigenvalue weighted by molar-refractivity contribution is 7.09. The number of epoxide rings is 1. The minimum Gasteiger partial charge on any atom is -0.456 e.